The smallest absolute Gasteiger partial charge is 0.0819 e. The Bertz CT molecular complexity index is 381. The third kappa shape index (κ3) is 4.24. The molecule has 1 aliphatic rings. The number of aliphatic hydroxyl groups is 1. The lowest BCUT2D eigenvalue weighted by Gasteiger charge is -2.28. The standard InChI is InChI=1S/C17H27NO/c1-2-9-15-10-5-6-11-16(15)18-14-17(19)12-7-3-4-8-13-17/h5-6,10-11,18-19H,2-4,7-9,12-14H2,1H3. The molecule has 1 fully saturated rings. The van der Waals surface area contributed by atoms with Crippen LogP contribution < -0.4 is 5.32 Å². The molecule has 2 heteroatoms. The summed E-state index contributed by atoms with van der Waals surface area (Å²) in [7, 11) is 0. The summed E-state index contributed by atoms with van der Waals surface area (Å²) in [4.78, 5) is 0. The summed E-state index contributed by atoms with van der Waals surface area (Å²) < 4.78 is 0. The monoisotopic (exact) mass is 261 g/mol. The van der Waals surface area contributed by atoms with Gasteiger partial charge in [0.25, 0.3) is 0 Å². The van der Waals surface area contributed by atoms with Gasteiger partial charge in [0.2, 0.25) is 0 Å². The van der Waals surface area contributed by atoms with Gasteiger partial charge in [-0.2, -0.15) is 0 Å². The highest BCUT2D eigenvalue weighted by Gasteiger charge is 2.27. The molecule has 2 nitrogen and oxygen atoms in total. The maximum absolute atomic E-state index is 10.7. The predicted octanol–water partition coefficient (Wildman–Crippen LogP) is 4.14. The zero-order valence-corrected chi connectivity index (χ0v) is 12.1. The molecule has 1 aliphatic carbocycles. The van der Waals surface area contributed by atoms with Gasteiger partial charge in [-0.3, -0.25) is 0 Å². The van der Waals surface area contributed by atoms with Gasteiger partial charge in [0.1, 0.15) is 0 Å². The van der Waals surface area contributed by atoms with Gasteiger partial charge in [0.15, 0.2) is 0 Å². The normalized spacial score (nSPS) is 18.8. The van der Waals surface area contributed by atoms with Crippen LogP contribution in [0.1, 0.15) is 57.4 Å². The Labute approximate surface area is 117 Å². The number of hydrogen-bond donors (Lipinski definition) is 2. The minimum atomic E-state index is -0.504. The largest absolute Gasteiger partial charge is 0.388 e. The van der Waals surface area contributed by atoms with E-state index < -0.39 is 5.60 Å². The fourth-order valence-corrected chi connectivity index (χ4v) is 3.00. The van der Waals surface area contributed by atoms with E-state index in [0.717, 1.165) is 38.5 Å². The van der Waals surface area contributed by atoms with Gasteiger partial charge in [-0.15, -0.1) is 0 Å². The van der Waals surface area contributed by atoms with Crippen LogP contribution in [0.4, 0.5) is 5.69 Å². The van der Waals surface area contributed by atoms with Crippen LogP contribution in [-0.4, -0.2) is 17.3 Å². The fraction of sp³-hybridized carbons (Fsp3) is 0.647. The maximum atomic E-state index is 10.7. The number of aryl methyl sites for hydroxylation is 1. The third-order valence-corrected chi connectivity index (χ3v) is 4.18. The highest BCUT2D eigenvalue weighted by Crippen LogP contribution is 2.28. The molecule has 0 radical (unpaired) electrons. The third-order valence-electron chi connectivity index (χ3n) is 4.18. The molecule has 0 bridgehead atoms. The van der Waals surface area contributed by atoms with Crippen LogP contribution in [0, 0.1) is 0 Å². The van der Waals surface area contributed by atoms with Crippen molar-refractivity contribution in [2.24, 2.45) is 0 Å². The van der Waals surface area contributed by atoms with Crippen molar-refractivity contribution in [2.75, 3.05) is 11.9 Å². The first-order valence-electron chi connectivity index (χ1n) is 7.78. The van der Waals surface area contributed by atoms with Crippen molar-refractivity contribution < 1.29 is 5.11 Å². The average molecular weight is 261 g/mol. The molecule has 19 heavy (non-hydrogen) atoms. The Morgan fingerprint density at radius 3 is 2.47 bits per heavy atom. The van der Waals surface area contributed by atoms with E-state index in [-0.39, 0.29) is 0 Å². The topological polar surface area (TPSA) is 32.3 Å². The molecule has 0 heterocycles. The Hall–Kier alpha value is -1.02. The molecule has 0 aromatic heterocycles. The number of anilines is 1. The van der Waals surface area contributed by atoms with Crippen molar-refractivity contribution in [3.05, 3.63) is 29.8 Å². The summed E-state index contributed by atoms with van der Waals surface area (Å²) in [6.45, 7) is 2.89. The average Bonchev–Trinajstić information content (AvgIpc) is 2.64. The molecule has 2 rings (SSSR count). The summed E-state index contributed by atoms with van der Waals surface area (Å²) in [5.41, 5.74) is 2.06. The summed E-state index contributed by atoms with van der Waals surface area (Å²) in [6, 6.07) is 8.48. The highest BCUT2D eigenvalue weighted by atomic mass is 16.3. The minimum Gasteiger partial charge on any atom is -0.388 e. The van der Waals surface area contributed by atoms with Crippen molar-refractivity contribution in [2.45, 2.75) is 63.9 Å². The van der Waals surface area contributed by atoms with Crippen LogP contribution in [0.3, 0.4) is 0 Å². The molecule has 2 N–H and O–H groups in total. The lowest BCUT2D eigenvalue weighted by Crippen LogP contribution is -2.36. The SMILES string of the molecule is CCCc1ccccc1NCC1(O)CCCCCC1. The van der Waals surface area contributed by atoms with Crippen molar-refractivity contribution >= 4 is 5.69 Å². The molecule has 0 amide bonds. The van der Waals surface area contributed by atoms with E-state index in [1.54, 1.807) is 0 Å². The van der Waals surface area contributed by atoms with Crippen LogP contribution in [-0.2, 0) is 6.42 Å². The number of nitrogens with one attached hydrogen (secondary N) is 1. The molecule has 0 unspecified atom stereocenters. The molecular formula is C17H27NO. The maximum Gasteiger partial charge on any atom is 0.0819 e. The van der Waals surface area contributed by atoms with E-state index in [1.807, 2.05) is 0 Å². The Morgan fingerprint density at radius 2 is 1.79 bits per heavy atom. The van der Waals surface area contributed by atoms with E-state index in [1.165, 1.54) is 24.1 Å². The number of hydrogen-bond acceptors (Lipinski definition) is 2. The van der Waals surface area contributed by atoms with Crippen LogP contribution in [0.25, 0.3) is 0 Å². The molecule has 0 aliphatic heterocycles. The predicted molar refractivity (Wildman–Crippen MR) is 81.6 cm³/mol. The zero-order valence-electron chi connectivity index (χ0n) is 12.1. The van der Waals surface area contributed by atoms with Crippen LogP contribution >= 0.6 is 0 Å². The molecule has 1 aromatic carbocycles. The van der Waals surface area contributed by atoms with Gasteiger partial charge in [-0.1, -0.05) is 57.2 Å². The first kappa shape index (κ1) is 14.4. The molecule has 1 saturated carbocycles. The van der Waals surface area contributed by atoms with E-state index in [9.17, 15) is 5.11 Å². The van der Waals surface area contributed by atoms with Crippen LogP contribution in [0.15, 0.2) is 24.3 Å². The second-order valence-electron chi connectivity index (χ2n) is 5.90. The van der Waals surface area contributed by atoms with Crippen molar-refractivity contribution in [3.63, 3.8) is 0 Å². The Morgan fingerprint density at radius 1 is 1.11 bits per heavy atom. The fourth-order valence-electron chi connectivity index (χ4n) is 3.00. The van der Waals surface area contributed by atoms with Crippen molar-refractivity contribution in [3.8, 4) is 0 Å². The molecular weight excluding hydrogens is 234 g/mol. The quantitative estimate of drug-likeness (QED) is 0.781. The number of benzene rings is 1. The van der Waals surface area contributed by atoms with Gasteiger partial charge in [-0.05, 0) is 30.9 Å². The summed E-state index contributed by atoms with van der Waals surface area (Å²) in [5, 5.41) is 14.2. The zero-order chi connectivity index (χ0) is 13.6. The Balaban J connectivity index is 1.97. The van der Waals surface area contributed by atoms with Gasteiger partial charge in [-0.25, -0.2) is 0 Å². The van der Waals surface area contributed by atoms with Crippen LogP contribution in [0.5, 0.6) is 0 Å². The van der Waals surface area contributed by atoms with Gasteiger partial charge in [0.05, 0.1) is 5.60 Å². The van der Waals surface area contributed by atoms with E-state index in [4.69, 9.17) is 0 Å². The lowest BCUT2D eigenvalue weighted by molar-refractivity contribution is 0.0381. The first-order chi connectivity index (χ1) is 9.23. The Kier molecular flexibility index (Phi) is 5.26. The minimum absolute atomic E-state index is 0.504. The number of para-hydroxylation sites is 1. The number of rotatable bonds is 5. The second kappa shape index (κ2) is 6.95. The summed E-state index contributed by atoms with van der Waals surface area (Å²) in [6.07, 6.45) is 9.00. The summed E-state index contributed by atoms with van der Waals surface area (Å²) in [5.74, 6) is 0. The lowest BCUT2D eigenvalue weighted by atomic mass is 9.94. The first-order valence-corrected chi connectivity index (χ1v) is 7.78. The van der Waals surface area contributed by atoms with Gasteiger partial charge in [0, 0.05) is 12.2 Å². The highest BCUT2D eigenvalue weighted by molar-refractivity contribution is 5.51. The summed E-state index contributed by atoms with van der Waals surface area (Å²) >= 11 is 0. The second-order valence-corrected chi connectivity index (χ2v) is 5.90. The van der Waals surface area contributed by atoms with Crippen molar-refractivity contribution in [1.82, 2.24) is 0 Å². The molecule has 0 saturated heterocycles. The van der Waals surface area contributed by atoms with E-state index in [0.29, 0.717) is 6.54 Å². The molecule has 1 aromatic rings. The van der Waals surface area contributed by atoms with Gasteiger partial charge >= 0.3 is 0 Å². The molecule has 106 valence electrons. The van der Waals surface area contributed by atoms with Gasteiger partial charge < -0.3 is 10.4 Å². The van der Waals surface area contributed by atoms with E-state index in [2.05, 4.69) is 36.5 Å². The molecule has 0 spiro atoms. The van der Waals surface area contributed by atoms with E-state index >= 15 is 0 Å². The van der Waals surface area contributed by atoms with Crippen molar-refractivity contribution in [1.29, 1.82) is 0 Å². The molecule has 0 atom stereocenters. The van der Waals surface area contributed by atoms with Crippen LogP contribution in [0.2, 0.25) is 0 Å².